The molecule has 3 N–H and O–H groups in total. The van der Waals surface area contributed by atoms with E-state index in [0.717, 1.165) is 11.1 Å². The van der Waals surface area contributed by atoms with E-state index in [1.165, 1.54) is 16.7 Å². The number of nitrogens with zero attached hydrogens (tertiary/aromatic N) is 2. The highest BCUT2D eigenvalue weighted by atomic mass is 19.1. The number of carbonyl (C=O) groups excluding carboxylic acids is 1. The number of nitrogens with one attached hydrogen (secondary N) is 1. The number of carbonyl (C=O) groups is 1. The molecule has 2 heterocycles. The Hall–Kier alpha value is -3.30. The maximum atomic E-state index is 13.2. The zero-order valence-electron chi connectivity index (χ0n) is 18.0. The number of rotatable bonds is 9. The Labute approximate surface area is 184 Å². The van der Waals surface area contributed by atoms with Gasteiger partial charge in [-0.15, -0.1) is 0 Å². The third-order valence-electron chi connectivity index (χ3n) is 5.07. The number of pyridine rings is 2. The molecular weight excluding hydrogens is 417 g/mol. The van der Waals surface area contributed by atoms with Crippen LogP contribution in [0.3, 0.4) is 0 Å². The van der Waals surface area contributed by atoms with Gasteiger partial charge in [-0.1, -0.05) is 12.1 Å². The second kappa shape index (κ2) is 10.3. The normalized spacial score (nSPS) is 12.1. The monoisotopic (exact) mass is 443 g/mol. The summed E-state index contributed by atoms with van der Waals surface area (Å²) in [7, 11) is 1.55. The number of aromatic hydroxyl groups is 1. The molecule has 0 bridgehead atoms. The number of aromatic nitrogens is 2. The van der Waals surface area contributed by atoms with Crippen molar-refractivity contribution in [3.63, 3.8) is 0 Å². The minimum atomic E-state index is -0.784. The van der Waals surface area contributed by atoms with Crippen molar-refractivity contribution in [1.29, 1.82) is 0 Å². The summed E-state index contributed by atoms with van der Waals surface area (Å²) in [4.78, 5) is 30.1. The first-order valence-corrected chi connectivity index (χ1v) is 10.2. The van der Waals surface area contributed by atoms with E-state index in [1.54, 1.807) is 38.4 Å². The molecule has 2 aromatic heterocycles. The molecule has 1 atom stereocenters. The zero-order chi connectivity index (χ0) is 23.3. The van der Waals surface area contributed by atoms with Crippen molar-refractivity contribution in [2.75, 3.05) is 20.3 Å². The van der Waals surface area contributed by atoms with Crippen molar-refractivity contribution in [2.24, 2.45) is 0 Å². The van der Waals surface area contributed by atoms with E-state index in [1.807, 2.05) is 0 Å². The number of methoxy groups -OCH3 is 1. The second-order valence-corrected chi connectivity index (χ2v) is 7.60. The molecule has 9 heteroatoms. The van der Waals surface area contributed by atoms with Crippen molar-refractivity contribution in [1.82, 2.24) is 14.9 Å². The first-order chi connectivity index (χ1) is 15.3. The molecule has 0 saturated heterocycles. The Morgan fingerprint density at radius 3 is 2.66 bits per heavy atom. The number of ether oxygens (including phenoxy) is 1. The summed E-state index contributed by atoms with van der Waals surface area (Å²) in [6, 6.07) is 7.21. The van der Waals surface area contributed by atoms with Crippen molar-refractivity contribution < 1.29 is 24.1 Å². The van der Waals surface area contributed by atoms with Gasteiger partial charge in [0, 0.05) is 32.5 Å². The Bertz CT molecular complexity index is 1160. The third kappa shape index (κ3) is 5.12. The standard InChI is InChI=1S/C23H26FN3O5/c1-14(13-28)26-22(30)19-21(29)20-18(27(23(19)31)8-3-9-32-2)11-16(12-25-20)10-15-4-6-17(24)7-5-15/h4-7,11-12,14,28-29H,3,8-10,13H2,1-2H3,(H,26,30)/t14-/m1/s1. The van der Waals surface area contributed by atoms with Crippen molar-refractivity contribution in [3.8, 4) is 5.75 Å². The van der Waals surface area contributed by atoms with Gasteiger partial charge in [-0.05, 0) is 49.1 Å². The molecule has 0 aliphatic heterocycles. The van der Waals surface area contributed by atoms with Gasteiger partial charge in [0.15, 0.2) is 5.75 Å². The van der Waals surface area contributed by atoms with Gasteiger partial charge in [0.2, 0.25) is 0 Å². The lowest BCUT2D eigenvalue weighted by Crippen LogP contribution is -2.39. The fraction of sp³-hybridized carbons (Fsp3) is 0.348. The molecule has 0 unspecified atom stereocenters. The van der Waals surface area contributed by atoms with Crippen LogP contribution in [-0.4, -0.2) is 52.0 Å². The molecule has 3 aromatic rings. The molecule has 3 rings (SSSR count). The molecule has 1 amide bonds. The minimum absolute atomic E-state index is 0.117. The van der Waals surface area contributed by atoms with E-state index in [4.69, 9.17) is 4.74 Å². The maximum absolute atomic E-state index is 13.2. The molecule has 0 radical (unpaired) electrons. The maximum Gasteiger partial charge on any atom is 0.267 e. The van der Waals surface area contributed by atoms with E-state index in [2.05, 4.69) is 10.3 Å². The van der Waals surface area contributed by atoms with Gasteiger partial charge in [0.25, 0.3) is 11.5 Å². The minimum Gasteiger partial charge on any atom is -0.505 e. The summed E-state index contributed by atoms with van der Waals surface area (Å²) in [5, 5.41) is 22.4. The number of fused-ring (bicyclic) bond motifs is 1. The summed E-state index contributed by atoms with van der Waals surface area (Å²) < 4.78 is 19.7. The zero-order valence-corrected chi connectivity index (χ0v) is 18.0. The number of aliphatic hydroxyl groups excluding tert-OH is 1. The molecule has 0 aliphatic carbocycles. The van der Waals surface area contributed by atoms with E-state index in [0.29, 0.717) is 25.0 Å². The number of amides is 1. The highest BCUT2D eigenvalue weighted by Crippen LogP contribution is 2.26. The van der Waals surface area contributed by atoms with Gasteiger partial charge in [-0.25, -0.2) is 4.39 Å². The van der Waals surface area contributed by atoms with E-state index in [-0.39, 0.29) is 24.5 Å². The summed E-state index contributed by atoms with van der Waals surface area (Å²) in [6.07, 6.45) is 2.51. The lowest BCUT2D eigenvalue weighted by Gasteiger charge is -2.16. The quantitative estimate of drug-likeness (QED) is 0.436. The highest BCUT2D eigenvalue weighted by Gasteiger charge is 2.24. The second-order valence-electron chi connectivity index (χ2n) is 7.60. The van der Waals surface area contributed by atoms with Crippen LogP contribution in [0.5, 0.6) is 5.75 Å². The fourth-order valence-electron chi connectivity index (χ4n) is 3.42. The van der Waals surface area contributed by atoms with Gasteiger partial charge in [0.05, 0.1) is 12.1 Å². The molecule has 0 saturated carbocycles. The number of aliphatic hydroxyl groups is 1. The number of aryl methyl sites for hydroxylation is 1. The van der Waals surface area contributed by atoms with Gasteiger partial charge in [-0.2, -0.15) is 0 Å². The molecule has 0 spiro atoms. The molecule has 0 fully saturated rings. The van der Waals surface area contributed by atoms with E-state index in [9.17, 15) is 24.2 Å². The molecule has 8 nitrogen and oxygen atoms in total. The first kappa shape index (κ1) is 23.4. The van der Waals surface area contributed by atoms with Gasteiger partial charge >= 0.3 is 0 Å². The van der Waals surface area contributed by atoms with Crippen LogP contribution in [-0.2, 0) is 17.7 Å². The molecule has 170 valence electrons. The lowest BCUT2D eigenvalue weighted by molar-refractivity contribution is 0.0917. The Morgan fingerprint density at radius 1 is 1.28 bits per heavy atom. The number of hydrogen-bond donors (Lipinski definition) is 3. The number of hydrogen-bond acceptors (Lipinski definition) is 6. The number of benzene rings is 1. The van der Waals surface area contributed by atoms with Crippen molar-refractivity contribution in [3.05, 3.63) is 69.4 Å². The summed E-state index contributed by atoms with van der Waals surface area (Å²) in [5.74, 6) is -1.62. The smallest absolute Gasteiger partial charge is 0.267 e. The van der Waals surface area contributed by atoms with Gasteiger partial charge < -0.3 is 24.8 Å². The van der Waals surface area contributed by atoms with Crippen LogP contribution in [0, 0.1) is 5.82 Å². The molecule has 0 aliphatic rings. The average Bonchev–Trinajstić information content (AvgIpc) is 2.77. The molecular formula is C23H26FN3O5. The summed E-state index contributed by atoms with van der Waals surface area (Å²) in [6.45, 7) is 1.92. The van der Waals surface area contributed by atoms with Gasteiger partial charge in [-0.3, -0.25) is 14.6 Å². The van der Waals surface area contributed by atoms with E-state index < -0.39 is 28.8 Å². The third-order valence-corrected chi connectivity index (χ3v) is 5.07. The van der Waals surface area contributed by atoms with Crippen LogP contribution in [0.25, 0.3) is 11.0 Å². The predicted molar refractivity (Wildman–Crippen MR) is 117 cm³/mol. The van der Waals surface area contributed by atoms with Crippen LogP contribution in [0.1, 0.15) is 34.8 Å². The molecule has 1 aromatic carbocycles. The van der Waals surface area contributed by atoms with Crippen LogP contribution in [0.15, 0.2) is 41.3 Å². The van der Waals surface area contributed by atoms with Crippen molar-refractivity contribution >= 4 is 16.9 Å². The van der Waals surface area contributed by atoms with Crippen LogP contribution in [0.2, 0.25) is 0 Å². The lowest BCUT2D eigenvalue weighted by atomic mass is 10.0. The Kier molecular flexibility index (Phi) is 7.55. The predicted octanol–water partition coefficient (Wildman–Crippen LogP) is 1.98. The van der Waals surface area contributed by atoms with E-state index >= 15 is 0 Å². The van der Waals surface area contributed by atoms with Crippen molar-refractivity contribution in [2.45, 2.75) is 32.4 Å². The average molecular weight is 443 g/mol. The topological polar surface area (TPSA) is 114 Å². The highest BCUT2D eigenvalue weighted by molar-refractivity contribution is 6.01. The summed E-state index contributed by atoms with van der Waals surface area (Å²) >= 11 is 0. The van der Waals surface area contributed by atoms with Crippen LogP contribution >= 0.6 is 0 Å². The van der Waals surface area contributed by atoms with Gasteiger partial charge in [0.1, 0.15) is 16.9 Å². The molecule has 32 heavy (non-hydrogen) atoms. The fourth-order valence-corrected chi connectivity index (χ4v) is 3.42. The summed E-state index contributed by atoms with van der Waals surface area (Å²) in [5.41, 5.74) is 1.04. The Morgan fingerprint density at radius 2 is 2.00 bits per heavy atom. The van der Waals surface area contributed by atoms with Crippen LogP contribution < -0.4 is 10.9 Å². The number of halogens is 1. The SMILES string of the molecule is COCCCn1c(=O)c(C(=O)N[C@H](C)CO)c(O)c2ncc(Cc3ccc(F)cc3)cc21. The van der Waals surface area contributed by atoms with Crippen LogP contribution in [0.4, 0.5) is 4.39 Å². The Balaban J connectivity index is 2.10. The largest absolute Gasteiger partial charge is 0.505 e. The first-order valence-electron chi connectivity index (χ1n) is 10.2.